The molecule has 0 aliphatic heterocycles. The quantitative estimate of drug-likeness (QED) is 0.394. The fourth-order valence-electron chi connectivity index (χ4n) is 3.79. The monoisotopic (exact) mass is 525 g/mol. The molecule has 1 aromatic carbocycles. The van der Waals surface area contributed by atoms with Gasteiger partial charge in [-0.05, 0) is 41.5 Å². The summed E-state index contributed by atoms with van der Waals surface area (Å²) >= 11 is 8.29. The molecular weight excluding hydrogens is 509 g/mol. The SMILES string of the molecule is CC(=O)O[C@@](C(=O)O)(c1cccc(-c2ncc3c(Cl)nc(I)cn23)c1)C1CCC1. The summed E-state index contributed by atoms with van der Waals surface area (Å²) in [5.41, 5.74) is 0.0588. The highest BCUT2D eigenvalue weighted by atomic mass is 127. The minimum absolute atomic E-state index is 0.268. The van der Waals surface area contributed by atoms with E-state index in [1.54, 1.807) is 30.6 Å². The molecule has 7 nitrogen and oxygen atoms in total. The molecule has 2 aromatic heterocycles. The number of carboxylic acid groups (broad SMARTS) is 1. The number of fused-ring (bicyclic) bond motifs is 1. The number of hydrogen-bond donors (Lipinski definition) is 1. The third kappa shape index (κ3) is 3.38. The minimum atomic E-state index is -1.71. The van der Waals surface area contributed by atoms with Crippen LogP contribution in [0.4, 0.5) is 0 Å². The van der Waals surface area contributed by atoms with E-state index >= 15 is 0 Å². The van der Waals surface area contributed by atoms with Crippen molar-refractivity contribution < 1.29 is 19.4 Å². The topological polar surface area (TPSA) is 93.8 Å². The average molecular weight is 526 g/mol. The third-order valence-electron chi connectivity index (χ3n) is 5.30. The first-order valence-electron chi connectivity index (χ1n) is 9.06. The lowest BCUT2D eigenvalue weighted by Gasteiger charge is -2.41. The van der Waals surface area contributed by atoms with Crippen molar-refractivity contribution in [3.05, 3.63) is 51.1 Å². The Morgan fingerprint density at radius 3 is 2.76 bits per heavy atom. The maximum Gasteiger partial charge on any atom is 0.353 e. The highest BCUT2D eigenvalue weighted by Gasteiger charge is 2.53. The minimum Gasteiger partial charge on any atom is -0.478 e. The number of carbonyl (C=O) groups is 2. The van der Waals surface area contributed by atoms with Crippen molar-refractivity contribution in [1.82, 2.24) is 14.4 Å². The lowest BCUT2D eigenvalue weighted by Crippen LogP contribution is -2.49. The summed E-state index contributed by atoms with van der Waals surface area (Å²) in [5.74, 6) is -1.46. The van der Waals surface area contributed by atoms with Crippen molar-refractivity contribution in [2.24, 2.45) is 5.92 Å². The summed E-state index contributed by atoms with van der Waals surface area (Å²) in [4.78, 5) is 32.9. The molecular formula is C20H17ClIN3O4. The van der Waals surface area contributed by atoms with Crippen LogP contribution in [0.15, 0.2) is 36.7 Å². The molecule has 1 saturated carbocycles. The fourth-order valence-corrected chi connectivity index (χ4v) is 4.69. The predicted octanol–water partition coefficient (Wildman–Crippen LogP) is 4.30. The number of nitrogens with zero attached hydrogens (tertiary/aromatic N) is 3. The van der Waals surface area contributed by atoms with Gasteiger partial charge in [-0.1, -0.05) is 36.2 Å². The summed E-state index contributed by atoms with van der Waals surface area (Å²) in [7, 11) is 0. The number of aliphatic carboxylic acids is 1. The molecule has 0 spiro atoms. The van der Waals surface area contributed by atoms with Crippen LogP contribution >= 0.6 is 34.2 Å². The molecule has 0 amide bonds. The van der Waals surface area contributed by atoms with Crippen LogP contribution in [0.2, 0.25) is 5.15 Å². The molecule has 0 radical (unpaired) electrons. The second-order valence-electron chi connectivity index (χ2n) is 7.03. The van der Waals surface area contributed by atoms with Crippen molar-refractivity contribution in [3.8, 4) is 11.4 Å². The van der Waals surface area contributed by atoms with Crippen LogP contribution < -0.4 is 0 Å². The van der Waals surface area contributed by atoms with Crippen molar-refractivity contribution >= 4 is 51.6 Å². The first-order valence-corrected chi connectivity index (χ1v) is 10.5. The number of rotatable bonds is 5. The lowest BCUT2D eigenvalue weighted by molar-refractivity contribution is -0.191. The first kappa shape index (κ1) is 20.1. The maximum absolute atomic E-state index is 12.4. The number of carboxylic acids is 1. The van der Waals surface area contributed by atoms with Gasteiger partial charge in [-0.25, -0.2) is 14.8 Å². The molecule has 3 aromatic rings. The molecule has 1 aliphatic carbocycles. The van der Waals surface area contributed by atoms with Crippen molar-refractivity contribution in [3.63, 3.8) is 0 Å². The molecule has 0 bridgehead atoms. The van der Waals surface area contributed by atoms with Gasteiger partial charge in [0.25, 0.3) is 0 Å². The number of aromatic nitrogens is 3. The van der Waals surface area contributed by atoms with Gasteiger partial charge >= 0.3 is 11.9 Å². The number of carbonyl (C=O) groups excluding carboxylic acids is 1. The molecule has 9 heteroatoms. The number of esters is 1. The number of ether oxygens (including phenoxy) is 1. The highest BCUT2D eigenvalue weighted by molar-refractivity contribution is 14.1. The molecule has 0 unspecified atom stereocenters. The summed E-state index contributed by atoms with van der Waals surface area (Å²) in [6, 6.07) is 7.00. The van der Waals surface area contributed by atoms with Crippen LogP contribution in [0.1, 0.15) is 31.7 Å². The Morgan fingerprint density at radius 2 is 2.14 bits per heavy atom. The van der Waals surface area contributed by atoms with E-state index in [4.69, 9.17) is 16.3 Å². The van der Waals surface area contributed by atoms with Gasteiger partial charge < -0.3 is 9.84 Å². The molecule has 1 fully saturated rings. The van der Waals surface area contributed by atoms with Crippen LogP contribution in [0.3, 0.4) is 0 Å². The van der Waals surface area contributed by atoms with Gasteiger partial charge in [0.15, 0.2) is 5.15 Å². The summed E-state index contributed by atoms with van der Waals surface area (Å²) in [6.45, 7) is 1.24. The zero-order valence-corrected chi connectivity index (χ0v) is 18.3. The second kappa shape index (κ2) is 7.56. The van der Waals surface area contributed by atoms with Gasteiger partial charge in [-0.3, -0.25) is 9.20 Å². The summed E-state index contributed by atoms with van der Waals surface area (Å²) in [6.07, 6.45) is 5.72. The van der Waals surface area contributed by atoms with Crippen molar-refractivity contribution in [1.29, 1.82) is 0 Å². The van der Waals surface area contributed by atoms with E-state index in [2.05, 4.69) is 32.6 Å². The first-order chi connectivity index (χ1) is 13.8. The number of hydrogen-bond acceptors (Lipinski definition) is 5. The van der Waals surface area contributed by atoms with E-state index in [9.17, 15) is 14.7 Å². The zero-order valence-electron chi connectivity index (χ0n) is 15.4. The van der Waals surface area contributed by atoms with Gasteiger partial charge in [0, 0.05) is 30.2 Å². The van der Waals surface area contributed by atoms with Gasteiger partial charge in [0.1, 0.15) is 15.0 Å². The number of halogens is 2. The Labute approximate surface area is 185 Å². The van der Waals surface area contributed by atoms with Crippen LogP contribution in [-0.2, 0) is 19.9 Å². The molecule has 150 valence electrons. The molecule has 0 saturated heterocycles. The molecule has 1 aliphatic rings. The Morgan fingerprint density at radius 1 is 1.38 bits per heavy atom. The lowest BCUT2D eigenvalue weighted by atomic mass is 9.69. The van der Waals surface area contributed by atoms with Gasteiger partial charge in [-0.2, -0.15) is 0 Å². The van der Waals surface area contributed by atoms with Crippen molar-refractivity contribution in [2.45, 2.75) is 31.8 Å². The molecule has 29 heavy (non-hydrogen) atoms. The smallest absolute Gasteiger partial charge is 0.353 e. The maximum atomic E-state index is 12.4. The highest BCUT2D eigenvalue weighted by Crippen LogP contribution is 2.46. The van der Waals surface area contributed by atoms with E-state index in [1.807, 2.05) is 10.5 Å². The van der Waals surface area contributed by atoms with E-state index in [0.29, 0.717) is 44.2 Å². The largest absolute Gasteiger partial charge is 0.478 e. The Hall–Kier alpha value is -2.20. The molecule has 1 N–H and O–H groups in total. The van der Waals surface area contributed by atoms with E-state index in [0.717, 1.165) is 6.42 Å². The standard InChI is InChI=1S/C20H17ClIN3O4/c1-11(26)29-20(19(27)28,13-5-3-6-13)14-7-2-4-12(8-14)18-23-9-15-17(21)24-16(22)10-25(15)18/h2,4,7-10,13H,3,5-6H2,1H3,(H,27,28)/t20-/m1/s1. The van der Waals surface area contributed by atoms with Crippen molar-refractivity contribution in [2.75, 3.05) is 0 Å². The van der Waals surface area contributed by atoms with E-state index in [-0.39, 0.29) is 5.92 Å². The van der Waals surface area contributed by atoms with Crippen LogP contribution in [0, 0.1) is 9.62 Å². The summed E-state index contributed by atoms with van der Waals surface area (Å²) in [5, 5.41) is 10.4. The predicted molar refractivity (Wildman–Crippen MR) is 115 cm³/mol. The fraction of sp³-hybridized carbons (Fsp3) is 0.300. The zero-order chi connectivity index (χ0) is 20.8. The van der Waals surface area contributed by atoms with Crippen LogP contribution in [0.5, 0.6) is 0 Å². The molecule has 4 rings (SSSR count). The number of imidazole rings is 1. The average Bonchev–Trinajstić information content (AvgIpc) is 3.03. The van der Waals surface area contributed by atoms with Crippen LogP contribution in [0.25, 0.3) is 16.9 Å². The van der Waals surface area contributed by atoms with Gasteiger partial charge in [-0.15, -0.1) is 0 Å². The van der Waals surface area contributed by atoms with Gasteiger partial charge in [0.2, 0.25) is 5.60 Å². The molecule has 1 atom stereocenters. The summed E-state index contributed by atoms with van der Waals surface area (Å²) < 4.78 is 8.00. The van der Waals surface area contributed by atoms with E-state index in [1.165, 1.54) is 6.92 Å². The Kier molecular flexibility index (Phi) is 5.24. The van der Waals surface area contributed by atoms with Gasteiger partial charge in [0.05, 0.1) is 6.20 Å². The normalized spacial score (nSPS) is 16.2. The van der Waals surface area contributed by atoms with E-state index < -0.39 is 17.5 Å². The second-order valence-corrected chi connectivity index (χ2v) is 8.50. The Balaban J connectivity index is 1.88. The Bertz CT molecular complexity index is 1130. The van der Waals surface area contributed by atoms with Crippen LogP contribution in [-0.4, -0.2) is 31.4 Å². The molecule has 2 heterocycles. The number of benzene rings is 1. The third-order valence-corrected chi connectivity index (χ3v) is 6.10.